The lowest BCUT2D eigenvalue weighted by molar-refractivity contribution is -0.140. The number of nitrogens with one attached hydrogen (secondary N) is 1. The molecule has 2 aliphatic carbocycles. The standard InChI is InChI=1S/C21H37NO4S/c1-3-4-5-10-15-27(24,25)22-21-18-14-13-17(16-18)19(21)11-8-6-7-9-12-20(23)26-2/h6,8,17-19,21-22H,3-5,7,9-16H2,1-2H3. The van der Waals surface area contributed by atoms with Crippen molar-refractivity contribution in [2.75, 3.05) is 12.9 Å². The van der Waals surface area contributed by atoms with Gasteiger partial charge in [0.1, 0.15) is 0 Å². The fraction of sp³-hybridized carbons (Fsp3) is 0.857. The third-order valence-corrected chi connectivity index (χ3v) is 7.68. The zero-order chi connectivity index (χ0) is 19.7. The summed E-state index contributed by atoms with van der Waals surface area (Å²) in [6.45, 7) is 2.13. The minimum Gasteiger partial charge on any atom is -0.469 e. The fourth-order valence-corrected chi connectivity index (χ4v) is 6.24. The number of ether oxygens (including phenoxy) is 1. The Morgan fingerprint density at radius 1 is 1.11 bits per heavy atom. The number of carbonyl (C=O) groups excluding carboxylic acids is 1. The van der Waals surface area contributed by atoms with E-state index < -0.39 is 10.0 Å². The van der Waals surface area contributed by atoms with Gasteiger partial charge in [-0.3, -0.25) is 4.79 Å². The SMILES string of the molecule is CCCCCCS(=O)(=O)NC1C2CCC(C2)C1CC=CCCCC(=O)OC. The van der Waals surface area contributed by atoms with Crippen molar-refractivity contribution >= 4 is 16.0 Å². The number of esters is 1. The van der Waals surface area contributed by atoms with Crippen molar-refractivity contribution in [2.24, 2.45) is 17.8 Å². The highest BCUT2D eigenvalue weighted by molar-refractivity contribution is 7.89. The molecular formula is C21H37NO4S. The molecule has 0 spiro atoms. The molecule has 6 heteroatoms. The second-order valence-corrected chi connectivity index (χ2v) is 10.1. The van der Waals surface area contributed by atoms with Crippen LogP contribution in [0.1, 0.15) is 77.6 Å². The zero-order valence-corrected chi connectivity index (χ0v) is 17.8. The quantitative estimate of drug-likeness (QED) is 0.286. The summed E-state index contributed by atoms with van der Waals surface area (Å²) in [5, 5.41) is 0. The molecule has 0 aliphatic heterocycles. The van der Waals surface area contributed by atoms with Crippen LogP contribution in [0, 0.1) is 17.8 Å². The Kier molecular flexibility index (Phi) is 9.30. The van der Waals surface area contributed by atoms with E-state index in [1.165, 1.54) is 20.0 Å². The van der Waals surface area contributed by atoms with Crippen molar-refractivity contribution in [1.82, 2.24) is 4.72 Å². The molecule has 0 saturated heterocycles. The maximum absolute atomic E-state index is 12.5. The lowest BCUT2D eigenvalue weighted by Gasteiger charge is -2.31. The molecule has 27 heavy (non-hydrogen) atoms. The zero-order valence-electron chi connectivity index (χ0n) is 17.0. The van der Waals surface area contributed by atoms with Gasteiger partial charge in [0, 0.05) is 12.5 Å². The van der Waals surface area contributed by atoms with Gasteiger partial charge in [-0.15, -0.1) is 0 Å². The Morgan fingerprint density at radius 3 is 2.63 bits per heavy atom. The van der Waals surface area contributed by atoms with Crippen LogP contribution in [0.15, 0.2) is 12.2 Å². The second kappa shape index (κ2) is 11.2. The minimum atomic E-state index is -3.18. The molecule has 5 nitrogen and oxygen atoms in total. The molecule has 0 heterocycles. The first-order valence-electron chi connectivity index (χ1n) is 10.7. The number of unbranched alkanes of at least 4 members (excludes halogenated alkanes) is 4. The number of allylic oxidation sites excluding steroid dienone is 2. The number of rotatable bonds is 13. The van der Waals surface area contributed by atoms with Gasteiger partial charge in [0.05, 0.1) is 12.9 Å². The molecule has 0 aromatic rings. The number of sulfonamides is 1. The number of hydrogen-bond donors (Lipinski definition) is 1. The maximum atomic E-state index is 12.5. The van der Waals surface area contributed by atoms with Crippen molar-refractivity contribution in [3.63, 3.8) is 0 Å². The van der Waals surface area contributed by atoms with Crippen LogP contribution in [-0.4, -0.2) is 33.3 Å². The predicted molar refractivity (Wildman–Crippen MR) is 109 cm³/mol. The monoisotopic (exact) mass is 399 g/mol. The lowest BCUT2D eigenvalue weighted by atomic mass is 9.83. The van der Waals surface area contributed by atoms with Crippen LogP contribution in [0.2, 0.25) is 0 Å². The fourth-order valence-electron chi connectivity index (χ4n) is 4.76. The van der Waals surface area contributed by atoms with Gasteiger partial charge in [-0.05, 0) is 62.7 Å². The molecule has 2 aliphatic rings. The molecule has 2 saturated carbocycles. The summed E-state index contributed by atoms with van der Waals surface area (Å²) in [7, 11) is -1.76. The van der Waals surface area contributed by atoms with Gasteiger partial charge in [0.15, 0.2) is 0 Å². The smallest absolute Gasteiger partial charge is 0.305 e. The molecule has 0 aromatic heterocycles. The van der Waals surface area contributed by atoms with E-state index in [-0.39, 0.29) is 17.8 Å². The summed E-state index contributed by atoms with van der Waals surface area (Å²) in [4.78, 5) is 11.1. The highest BCUT2D eigenvalue weighted by Crippen LogP contribution is 2.50. The number of fused-ring (bicyclic) bond motifs is 2. The maximum Gasteiger partial charge on any atom is 0.305 e. The van der Waals surface area contributed by atoms with Gasteiger partial charge in [-0.1, -0.05) is 38.3 Å². The summed E-state index contributed by atoms with van der Waals surface area (Å²) < 4.78 is 32.7. The summed E-state index contributed by atoms with van der Waals surface area (Å²) in [6, 6.07) is 0.111. The summed E-state index contributed by atoms with van der Waals surface area (Å²) in [5.74, 6) is 1.69. The number of methoxy groups -OCH3 is 1. The van der Waals surface area contributed by atoms with E-state index in [0.29, 0.717) is 24.2 Å². The average Bonchev–Trinajstić information content (AvgIpc) is 3.23. The van der Waals surface area contributed by atoms with Crippen molar-refractivity contribution in [3.05, 3.63) is 12.2 Å². The Bertz CT molecular complexity index is 587. The van der Waals surface area contributed by atoms with Gasteiger partial charge in [-0.25, -0.2) is 13.1 Å². The highest BCUT2D eigenvalue weighted by atomic mass is 32.2. The van der Waals surface area contributed by atoms with Gasteiger partial charge in [0.25, 0.3) is 0 Å². The van der Waals surface area contributed by atoms with Crippen LogP contribution < -0.4 is 4.72 Å². The van der Waals surface area contributed by atoms with Crippen LogP contribution in [0.25, 0.3) is 0 Å². The van der Waals surface area contributed by atoms with Crippen molar-refractivity contribution in [1.29, 1.82) is 0 Å². The first-order chi connectivity index (χ1) is 13.0. The minimum absolute atomic E-state index is 0.111. The molecule has 4 atom stereocenters. The normalized spacial score (nSPS) is 27.5. The van der Waals surface area contributed by atoms with Crippen LogP contribution in [0.3, 0.4) is 0 Å². The van der Waals surface area contributed by atoms with E-state index in [1.54, 1.807) is 0 Å². The molecule has 1 N–H and O–H groups in total. The van der Waals surface area contributed by atoms with E-state index in [9.17, 15) is 13.2 Å². The van der Waals surface area contributed by atoms with Crippen LogP contribution in [0.5, 0.6) is 0 Å². The summed E-state index contributed by atoms with van der Waals surface area (Å²) in [5.41, 5.74) is 0. The highest BCUT2D eigenvalue weighted by Gasteiger charge is 2.47. The molecule has 156 valence electrons. The van der Waals surface area contributed by atoms with E-state index in [2.05, 4.69) is 28.5 Å². The molecule has 0 radical (unpaired) electrons. The largest absolute Gasteiger partial charge is 0.469 e. The molecule has 0 aromatic carbocycles. The third kappa shape index (κ3) is 7.22. The molecule has 0 amide bonds. The predicted octanol–water partition coefficient (Wildman–Crippen LogP) is 4.19. The van der Waals surface area contributed by atoms with E-state index in [4.69, 9.17) is 0 Å². The Hall–Kier alpha value is -0.880. The first-order valence-corrected chi connectivity index (χ1v) is 12.3. The van der Waals surface area contributed by atoms with E-state index in [0.717, 1.165) is 51.4 Å². The molecule has 4 unspecified atom stereocenters. The lowest BCUT2D eigenvalue weighted by Crippen LogP contribution is -2.44. The van der Waals surface area contributed by atoms with Gasteiger partial charge < -0.3 is 4.74 Å². The summed E-state index contributed by atoms with van der Waals surface area (Å²) >= 11 is 0. The van der Waals surface area contributed by atoms with Gasteiger partial charge in [-0.2, -0.15) is 0 Å². The Morgan fingerprint density at radius 2 is 1.89 bits per heavy atom. The van der Waals surface area contributed by atoms with Gasteiger partial charge in [0.2, 0.25) is 10.0 Å². The number of hydrogen-bond acceptors (Lipinski definition) is 4. The molecule has 2 fully saturated rings. The average molecular weight is 400 g/mol. The van der Waals surface area contributed by atoms with Crippen molar-refractivity contribution < 1.29 is 17.9 Å². The first kappa shape index (κ1) is 22.4. The Balaban J connectivity index is 1.79. The molecule has 2 rings (SSSR count). The molecular weight excluding hydrogens is 362 g/mol. The van der Waals surface area contributed by atoms with Crippen molar-refractivity contribution in [2.45, 2.75) is 83.6 Å². The molecule has 2 bridgehead atoms. The van der Waals surface area contributed by atoms with Crippen LogP contribution in [0.4, 0.5) is 0 Å². The number of carbonyl (C=O) groups is 1. The van der Waals surface area contributed by atoms with Crippen LogP contribution >= 0.6 is 0 Å². The third-order valence-electron chi connectivity index (χ3n) is 6.22. The summed E-state index contributed by atoms with van der Waals surface area (Å²) in [6.07, 6.45) is 14.9. The topological polar surface area (TPSA) is 72.5 Å². The van der Waals surface area contributed by atoms with Crippen LogP contribution in [-0.2, 0) is 19.6 Å². The Labute approximate surface area is 165 Å². The van der Waals surface area contributed by atoms with E-state index in [1.807, 2.05) is 0 Å². The second-order valence-electron chi connectivity index (χ2n) is 8.20. The van der Waals surface area contributed by atoms with Gasteiger partial charge >= 0.3 is 5.97 Å². The van der Waals surface area contributed by atoms with E-state index >= 15 is 0 Å². The van der Waals surface area contributed by atoms with Crippen molar-refractivity contribution in [3.8, 4) is 0 Å².